The first-order valence-corrected chi connectivity index (χ1v) is 15.5. The predicted octanol–water partition coefficient (Wildman–Crippen LogP) is 6.14. The summed E-state index contributed by atoms with van der Waals surface area (Å²) in [6.45, 7) is 0.652. The first-order chi connectivity index (χ1) is 23.3. The molecular formula is C36H34F3N5O4. The molecule has 0 unspecified atom stereocenters. The van der Waals surface area contributed by atoms with Gasteiger partial charge in [-0.3, -0.25) is 4.79 Å². The molecule has 0 bridgehead atoms. The van der Waals surface area contributed by atoms with E-state index in [1.165, 1.54) is 7.11 Å². The fourth-order valence-electron chi connectivity index (χ4n) is 6.00. The molecule has 1 aromatic heterocycles. The molecule has 0 aliphatic carbocycles. The van der Waals surface area contributed by atoms with Gasteiger partial charge in [0.1, 0.15) is 17.4 Å². The smallest absolute Gasteiger partial charge is 0.407 e. The molecule has 4 aromatic carbocycles. The fourth-order valence-corrected chi connectivity index (χ4v) is 6.00. The van der Waals surface area contributed by atoms with Gasteiger partial charge in [-0.1, -0.05) is 78.9 Å². The molecule has 2 amide bonds. The third kappa shape index (κ3) is 7.19. The van der Waals surface area contributed by atoms with Crippen molar-refractivity contribution in [2.24, 2.45) is 0 Å². The molecule has 1 aliphatic rings. The maximum Gasteiger partial charge on any atom is 0.407 e. The molecule has 3 atom stereocenters. The second-order valence-corrected chi connectivity index (χ2v) is 11.5. The number of carbonyl (C=O) groups excluding carboxylic acids is 2. The lowest BCUT2D eigenvalue weighted by Gasteiger charge is -2.30. The predicted molar refractivity (Wildman–Crippen MR) is 174 cm³/mol. The zero-order valence-electron chi connectivity index (χ0n) is 26.0. The fraction of sp³-hybridized carbons (Fsp3) is 0.250. The number of halogens is 3. The van der Waals surface area contributed by atoms with E-state index in [-0.39, 0.29) is 23.7 Å². The molecule has 6 rings (SSSR count). The van der Waals surface area contributed by atoms with Gasteiger partial charge in [-0.25, -0.2) is 22.9 Å². The topological polar surface area (TPSA) is 117 Å². The van der Waals surface area contributed by atoms with Gasteiger partial charge in [0, 0.05) is 24.2 Å². The van der Waals surface area contributed by atoms with E-state index in [9.17, 15) is 22.8 Å². The van der Waals surface area contributed by atoms with Crippen LogP contribution in [-0.2, 0) is 20.7 Å². The van der Waals surface area contributed by atoms with E-state index in [4.69, 9.17) is 9.47 Å². The number of anilines is 1. The standard InChI is InChI=1S/C36H34F3N5O4/c1-47-36(46)44-33(29(22-11-4-2-5-12-22)23-13-6-3-7-14-23)35(45)42-26-15-9-8-10-21(26)16-17-24-19-40-28(20-48-24)34-41-27-18-25(37)30(38)31(39)32(27)43-34/h2-15,18,24,28-29,33,40H,16-17,19-20H2,1H3,(H,41,43)(H,42,45)(H,44,46)/t24-,28+,33+/m1/s1. The molecule has 5 aromatic rings. The molecule has 0 spiro atoms. The van der Waals surface area contributed by atoms with Crippen LogP contribution in [0.3, 0.4) is 0 Å². The first kappa shape index (κ1) is 32.7. The van der Waals surface area contributed by atoms with Crippen LogP contribution in [-0.4, -0.2) is 54.4 Å². The number of aromatic nitrogens is 2. The Hall–Kier alpha value is -5.20. The second-order valence-electron chi connectivity index (χ2n) is 11.5. The summed E-state index contributed by atoms with van der Waals surface area (Å²) in [6.07, 6.45) is 0.263. The maximum absolute atomic E-state index is 14.2. The number of methoxy groups -OCH3 is 1. The molecule has 1 saturated heterocycles. The van der Waals surface area contributed by atoms with Crippen LogP contribution in [0.2, 0.25) is 0 Å². The van der Waals surface area contributed by atoms with Crippen molar-refractivity contribution in [3.8, 4) is 0 Å². The van der Waals surface area contributed by atoms with E-state index in [2.05, 4.69) is 25.9 Å². The summed E-state index contributed by atoms with van der Waals surface area (Å²) in [6, 6.07) is 25.9. The van der Waals surface area contributed by atoms with Crippen LogP contribution in [0.15, 0.2) is 91.0 Å². The van der Waals surface area contributed by atoms with Gasteiger partial charge in [0.2, 0.25) is 5.91 Å². The lowest BCUT2D eigenvalue weighted by atomic mass is 9.84. The van der Waals surface area contributed by atoms with Crippen LogP contribution >= 0.6 is 0 Å². The number of imidazole rings is 1. The van der Waals surface area contributed by atoms with Crippen LogP contribution in [0.4, 0.5) is 23.7 Å². The zero-order chi connectivity index (χ0) is 33.6. The van der Waals surface area contributed by atoms with Crippen molar-refractivity contribution < 1.29 is 32.2 Å². The lowest BCUT2D eigenvalue weighted by Crippen LogP contribution is -2.48. The summed E-state index contributed by atoms with van der Waals surface area (Å²) in [7, 11) is 1.25. The van der Waals surface area contributed by atoms with E-state index < -0.39 is 47.5 Å². The number of morpholine rings is 1. The Bertz CT molecular complexity index is 1840. The van der Waals surface area contributed by atoms with Crippen LogP contribution < -0.4 is 16.0 Å². The number of fused-ring (bicyclic) bond motifs is 1. The number of ether oxygens (including phenoxy) is 2. The number of nitrogens with one attached hydrogen (secondary N) is 4. The average Bonchev–Trinajstić information content (AvgIpc) is 3.55. The third-order valence-corrected chi connectivity index (χ3v) is 8.45. The van der Waals surface area contributed by atoms with Crippen molar-refractivity contribution in [2.45, 2.75) is 36.9 Å². The summed E-state index contributed by atoms with van der Waals surface area (Å²) in [5, 5.41) is 9.10. The van der Waals surface area contributed by atoms with E-state index in [1.807, 2.05) is 84.9 Å². The van der Waals surface area contributed by atoms with Crippen molar-refractivity contribution in [3.05, 3.63) is 131 Å². The number of alkyl carbamates (subject to hydrolysis) is 1. The van der Waals surface area contributed by atoms with Crippen molar-refractivity contribution in [1.82, 2.24) is 20.6 Å². The average molecular weight is 658 g/mol. The van der Waals surface area contributed by atoms with Gasteiger partial charge in [0.25, 0.3) is 0 Å². The van der Waals surface area contributed by atoms with Crippen molar-refractivity contribution in [2.75, 3.05) is 25.6 Å². The Morgan fingerprint density at radius 3 is 2.27 bits per heavy atom. The highest BCUT2D eigenvalue weighted by molar-refractivity contribution is 5.98. The molecule has 12 heteroatoms. The minimum absolute atomic E-state index is 0.0619. The highest BCUT2D eigenvalue weighted by Gasteiger charge is 2.33. The number of hydrogen-bond donors (Lipinski definition) is 4. The first-order valence-electron chi connectivity index (χ1n) is 15.5. The highest BCUT2D eigenvalue weighted by atomic mass is 19.2. The summed E-state index contributed by atoms with van der Waals surface area (Å²) < 4.78 is 52.5. The zero-order valence-corrected chi connectivity index (χ0v) is 26.0. The molecule has 9 nitrogen and oxygen atoms in total. The molecule has 0 radical (unpaired) electrons. The van der Waals surface area contributed by atoms with E-state index in [1.54, 1.807) is 0 Å². The summed E-state index contributed by atoms with van der Waals surface area (Å²) in [5.41, 5.74) is 2.97. The van der Waals surface area contributed by atoms with Crippen LogP contribution in [0.25, 0.3) is 11.0 Å². The monoisotopic (exact) mass is 657 g/mol. The molecule has 248 valence electrons. The Morgan fingerprint density at radius 2 is 1.62 bits per heavy atom. The highest BCUT2D eigenvalue weighted by Crippen LogP contribution is 2.30. The molecule has 1 aliphatic heterocycles. The lowest BCUT2D eigenvalue weighted by molar-refractivity contribution is -0.118. The van der Waals surface area contributed by atoms with Crippen molar-refractivity contribution >= 4 is 28.7 Å². The van der Waals surface area contributed by atoms with E-state index in [0.717, 1.165) is 22.8 Å². The van der Waals surface area contributed by atoms with Gasteiger partial charge in [0.05, 0.1) is 31.4 Å². The molecule has 0 saturated carbocycles. The Kier molecular flexibility index (Phi) is 10.0. The Balaban J connectivity index is 1.14. The number of benzene rings is 4. The third-order valence-electron chi connectivity index (χ3n) is 8.45. The van der Waals surface area contributed by atoms with E-state index >= 15 is 0 Å². The van der Waals surface area contributed by atoms with Gasteiger partial charge in [-0.2, -0.15) is 0 Å². The summed E-state index contributed by atoms with van der Waals surface area (Å²) >= 11 is 0. The number of aryl methyl sites for hydroxylation is 1. The Morgan fingerprint density at radius 1 is 0.958 bits per heavy atom. The number of H-pyrrole nitrogens is 1. The van der Waals surface area contributed by atoms with Gasteiger partial charge >= 0.3 is 6.09 Å². The maximum atomic E-state index is 14.2. The van der Waals surface area contributed by atoms with Crippen molar-refractivity contribution in [1.29, 1.82) is 0 Å². The molecule has 2 heterocycles. The second kappa shape index (κ2) is 14.7. The normalized spacial score (nSPS) is 16.9. The van der Waals surface area contributed by atoms with Gasteiger partial charge in [0.15, 0.2) is 17.5 Å². The van der Waals surface area contributed by atoms with Gasteiger partial charge < -0.3 is 30.4 Å². The number of rotatable bonds is 10. The number of para-hydroxylation sites is 1. The van der Waals surface area contributed by atoms with E-state index in [0.29, 0.717) is 30.9 Å². The minimum atomic E-state index is -1.56. The SMILES string of the molecule is COC(=O)N[C@H](C(=O)Nc1ccccc1CC[C@@H]1CN[C@H](c2nc3c(F)c(F)c(F)cc3[nH]2)CO1)C(c1ccccc1)c1ccccc1. The quantitative estimate of drug-likeness (QED) is 0.134. The molecule has 1 fully saturated rings. The Labute approximate surface area is 274 Å². The largest absolute Gasteiger partial charge is 0.453 e. The van der Waals surface area contributed by atoms with Crippen LogP contribution in [0.1, 0.15) is 40.9 Å². The van der Waals surface area contributed by atoms with Gasteiger partial charge in [-0.05, 0) is 35.6 Å². The number of amides is 2. The minimum Gasteiger partial charge on any atom is -0.453 e. The van der Waals surface area contributed by atoms with Crippen LogP contribution in [0.5, 0.6) is 0 Å². The number of aromatic amines is 1. The molecule has 4 N–H and O–H groups in total. The van der Waals surface area contributed by atoms with Crippen LogP contribution in [0, 0.1) is 17.5 Å². The molecular weight excluding hydrogens is 623 g/mol. The number of hydrogen-bond acceptors (Lipinski definition) is 6. The van der Waals surface area contributed by atoms with Crippen molar-refractivity contribution in [3.63, 3.8) is 0 Å². The number of nitrogens with zero attached hydrogens (tertiary/aromatic N) is 1. The molecule has 48 heavy (non-hydrogen) atoms. The summed E-state index contributed by atoms with van der Waals surface area (Å²) in [4.78, 5) is 33.5. The number of carbonyl (C=O) groups is 2. The van der Waals surface area contributed by atoms with Gasteiger partial charge in [-0.15, -0.1) is 0 Å². The summed E-state index contributed by atoms with van der Waals surface area (Å²) in [5.74, 6) is -4.79.